The van der Waals surface area contributed by atoms with Crippen LogP contribution in [0, 0.1) is 11.8 Å². The lowest BCUT2D eigenvalue weighted by atomic mass is 10.0. The van der Waals surface area contributed by atoms with Crippen molar-refractivity contribution in [3.05, 3.63) is 24.5 Å². The number of aromatic nitrogens is 1. The SMILES string of the molecule is CC(C)C1CC1(N)CCn1cccc1. The molecule has 0 aromatic carbocycles. The predicted molar refractivity (Wildman–Crippen MR) is 58.9 cm³/mol. The van der Waals surface area contributed by atoms with Gasteiger partial charge in [0.2, 0.25) is 0 Å². The Morgan fingerprint density at radius 1 is 1.43 bits per heavy atom. The molecule has 1 aliphatic carbocycles. The predicted octanol–water partition coefficient (Wildman–Crippen LogP) is 2.25. The van der Waals surface area contributed by atoms with Gasteiger partial charge in [0.05, 0.1) is 0 Å². The van der Waals surface area contributed by atoms with Crippen LogP contribution in [0.25, 0.3) is 0 Å². The first kappa shape index (κ1) is 9.78. The molecular formula is C12H20N2. The van der Waals surface area contributed by atoms with Gasteiger partial charge >= 0.3 is 0 Å². The summed E-state index contributed by atoms with van der Waals surface area (Å²) in [5.41, 5.74) is 6.43. The standard InChI is InChI=1S/C12H20N2/c1-10(2)11-9-12(11,13)5-8-14-6-3-4-7-14/h3-4,6-7,10-11H,5,8-9,13H2,1-2H3. The first-order valence-corrected chi connectivity index (χ1v) is 5.51. The fourth-order valence-corrected chi connectivity index (χ4v) is 2.39. The molecule has 2 N–H and O–H groups in total. The van der Waals surface area contributed by atoms with Gasteiger partial charge in [-0.05, 0) is 36.8 Å². The minimum atomic E-state index is 0.137. The number of hydrogen-bond donors (Lipinski definition) is 1. The van der Waals surface area contributed by atoms with Crippen molar-refractivity contribution in [2.24, 2.45) is 17.6 Å². The lowest BCUT2D eigenvalue weighted by Gasteiger charge is -2.13. The highest BCUT2D eigenvalue weighted by atomic mass is 15.0. The summed E-state index contributed by atoms with van der Waals surface area (Å²) in [6.07, 6.45) is 6.54. The van der Waals surface area contributed by atoms with E-state index in [9.17, 15) is 0 Å². The molecule has 1 saturated carbocycles. The van der Waals surface area contributed by atoms with E-state index in [1.54, 1.807) is 0 Å². The summed E-state index contributed by atoms with van der Waals surface area (Å²) in [5.74, 6) is 1.49. The second-order valence-corrected chi connectivity index (χ2v) is 4.96. The van der Waals surface area contributed by atoms with Gasteiger partial charge in [0.25, 0.3) is 0 Å². The molecule has 1 aliphatic rings. The Bertz CT molecular complexity index is 289. The van der Waals surface area contributed by atoms with Crippen molar-refractivity contribution in [1.82, 2.24) is 4.57 Å². The highest BCUT2D eigenvalue weighted by Gasteiger charge is 2.51. The van der Waals surface area contributed by atoms with Gasteiger partial charge in [-0.3, -0.25) is 0 Å². The molecule has 2 rings (SSSR count). The molecule has 0 amide bonds. The Balaban J connectivity index is 1.83. The molecule has 1 aromatic rings. The van der Waals surface area contributed by atoms with Gasteiger partial charge < -0.3 is 10.3 Å². The Morgan fingerprint density at radius 2 is 2.07 bits per heavy atom. The normalized spacial score (nSPS) is 31.0. The van der Waals surface area contributed by atoms with Gasteiger partial charge in [-0.1, -0.05) is 13.8 Å². The maximum Gasteiger partial charge on any atom is 0.0237 e. The second-order valence-electron chi connectivity index (χ2n) is 4.96. The van der Waals surface area contributed by atoms with Gasteiger partial charge in [-0.25, -0.2) is 0 Å². The fourth-order valence-electron chi connectivity index (χ4n) is 2.39. The number of rotatable bonds is 4. The molecule has 1 fully saturated rings. The third-order valence-electron chi connectivity index (χ3n) is 3.48. The van der Waals surface area contributed by atoms with Crippen molar-refractivity contribution in [1.29, 1.82) is 0 Å². The molecule has 2 unspecified atom stereocenters. The van der Waals surface area contributed by atoms with Crippen molar-refractivity contribution >= 4 is 0 Å². The van der Waals surface area contributed by atoms with Gasteiger partial charge in [0, 0.05) is 24.5 Å². The maximum atomic E-state index is 6.30. The lowest BCUT2D eigenvalue weighted by Crippen LogP contribution is -2.28. The topological polar surface area (TPSA) is 30.9 Å². The summed E-state index contributed by atoms with van der Waals surface area (Å²) >= 11 is 0. The van der Waals surface area contributed by atoms with Crippen LogP contribution in [0.1, 0.15) is 26.7 Å². The molecule has 14 heavy (non-hydrogen) atoms. The van der Waals surface area contributed by atoms with E-state index < -0.39 is 0 Å². The minimum Gasteiger partial charge on any atom is -0.354 e. The molecule has 0 aliphatic heterocycles. The van der Waals surface area contributed by atoms with E-state index in [2.05, 4.69) is 42.9 Å². The van der Waals surface area contributed by atoms with Crippen molar-refractivity contribution < 1.29 is 0 Å². The highest BCUT2D eigenvalue weighted by molar-refractivity contribution is 5.08. The molecule has 2 atom stereocenters. The summed E-state index contributed by atoms with van der Waals surface area (Å²) < 4.78 is 2.21. The molecule has 78 valence electrons. The molecule has 0 bridgehead atoms. The number of nitrogens with two attached hydrogens (primary N) is 1. The molecule has 0 radical (unpaired) electrons. The molecule has 0 saturated heterocycles. The first-order chi connectivity index (χ1) is 6.62. The van der Waals surface area contributed by atoms with Crippen molar-refractivity contribution in [3.63, 3.8) is 0 Å². The Morgan fingerprint density at radius 3 is 2.57 bits per heavy atom. The third-order valence-corrected chi connectivity index (χ3v) is 3.48. The molecule has 2 nitrogen and oxygen atoms in total. The van der Waals surface area contributed by atoms with E-state index in [4.69, 9.17) is 5.73 Å². The van der Waals surface area contributed by atoms with Gasteiger partial charge in [0.1, 0.15) is 0 Å². The summed E-state index contributed by atoms with van der Waals surface area (Å²) in [7, 11) is 0. The number of nitrogens with zero attached hydrogens (tertiary/aromatic N) is 1. The summed E-state index contributed by atoms with van der Waals surface area (Å²) in [6, 6.07) is 4.13. The van der Waals surface area contributed by atoms with Crippen LogP contribution >= 0.6 is 0 Å². The Kier molecular flexibility index (Phi) is 2.40. The van der Waals surface area contributed by atoms with Crippen LogP contribution in [-0.4, -0.2) is 10.1 Å². The van der Waals surface area contributed by atoms with Crippen LogP contribution in [0.5, 0.6) is 0 Å². The van der Waals surface area contributed by atoms with Crippen LogP contribution in [0.2, 0.25) is 0 Å². The van der Waals surface area contributed by atoms with E-state index in [1.807, 2.05) is 0 Å². The van der Waals surface area contributed by atoms with E-state index in [-0.39, 0.29) is 5.54 Å². The van der Waals surface area contributed by atoms with Crippen molar-refractivity contribution in [2.45, 2.75) is 38.8 Å². The average Bonchev–Trinajstić information content (AvgIpc) is 2.63. The number of hydrogen-bond acceptors (Lipinski definition) is 1. The maximum absolute atomic E-state index is 6.30. The van der Waals surface area contributed by atoms with Gasteiger partial charge in [-0.2, -0.15) is 0 Å². The monoisotopic (exact) mass is 192 g/mol. The molecule has 2 heteroatoms. The summed E-state index contributed by atoms with van der Waals surface area (Å²) in [6.45, 7) is 5.61. The van der Waals surface area contributed by atoms with E-state index in [0.717, 1.165) is 24.8 Å². The van der Waals surface area contributed by atoms with Crippen molar-refractivity contribution in [3.8, 4) is 0 Å². The Hall–Kier alpha value is -0.760. The van der Waals surface area contributed by atoms with Crippen LogP contribution in [-0.2, 0) is 6.54 Å². The molecule has 1 heterocycles. The smallest absolute Gasteiger partial charge is 0.0237 e. The third kappa shape index (κ3) is 1.85. The zero-order valence-electron chi connectivity index (χ0n) is 9.11. The summed E-state index contributed by atoms with van der Waals surface area (Å²) in [4.78, 5) is 0. The van der Waals surface area contributed by atoms with Crippen LogP contribution in [0.15, 0.2) is 24.5 Å². The minimum absolute atomic E-state index is 0.137. The second kappa shape index (κ2) is 3.43. The lowest BCUT2D eigenvalue weighted by molar-refractivity contribution is 0.435. The fraction of sp³-hybridized carbons (Fsp3) is 0.667. The van der Waals surface area contributed by atoms with Gasteiger partial charge in [0.15, 0.2) is 0 Å². The number of aryl methyl sites for hydroxylation is 1. The van der Waals surface area contributed by atoms with E-state index in [0.29, 0.717) is 0 Å². The van der Waals surface area contributed by atoms with Crippen LogP contribution in [0.4, 0.5) is 0 Å². The first-order valence-electron chi connectivity index (χ1n) is 5.51. The Labute approximate surface area is 86.1 Å². The average molecular weight is 192 g/mol. The molecule has 1 aromatic heterocycles. The van der Waals surface area contributed by atoms with Gasteiger partial charge in [-0.15, -0.1) is 0 Å². The van der Waals surface area contributed by atoms with Crippen molar-refractivity contribution in [2.75, 3.05) is 0 Å². The van der Waals surface area contributed by atoms with Crippen LogP contribution in [0.3, 0.4) is 0 Å². The largest absolute Gasteiger partial charge is 0.354 e. The van der Waals surface area contributed by atoms with E-state index in [1.165, 1.54) is 6.42 Å². The van der Waals surface area contributed by atoms with E-state index >= 15 is 0 Å². The molecular weight excluding hydrogens is 172 g/mol. The highest BCUT2D eigenvalue weighted by Crippen LogP contribution is 2.48. The summed E-state index contributed by atoms with van der Waals surface area (Å²) in [5, 5.41) is 0. The zero-order valence-corrected chi connectivity index (χ0v) is 9.11. The molecule has 0 spiro atoms. The quantitative estimate of drug-likeness (QED) is 0.779. The zero-order chi connectivity index (χ0) is 10.2. The van der Waals surface area contributed by atoms with Crippen LogP contribution < -0.4 is 5.73 Å².